The molecule has 1 aliphatic rings. The molecule has 0 amide bonds. The van der Waals surface area contributed by atoms with Gasteiger partial charge in [0.2, 0.25) is 15.9 Å². The Balaban J connectivity index is 1.89. The van der Waals surface area contributed by atoms with Crippen LogP contribution in [0.15, 0.2) is 47.4 Å². The van der Waals surface area contributed by atoms with Crippen LogP contribution in [0.5, 0.6) is 11.6 Å². The van der Waals surface area contributed by atoms with Gasteiger partial charge in [0.25, 0.3) is 0 Å². The molecule has 2 N–H and O–H groups in total. The maximum Gasteiger partial charge on any atom is 0.241 e. The van der Waals surface area contributed by atoms with E-state index >= 15 is 0 Å². The zero-order chi connectivity index (χ0) is 17.6. The molecule has 4 rings (SSSR count). The summed E-state index contributed by atoms with van der Waals surface area (Å²) < 4.78 is 34.5. The number of benzene rings is 2. The van der Waals surface area contributed by atoms with Crippen LogP contribution in [0.1, 0.15) is 5.56 Å². The summed E-state index contributed by atoms with van der Waals surface area (Å²) in [4.78, 5) is 4.42. The van der Waals surface area contributed by atoms with Crippen LogP contribution in [0, 0.1) is 0 Å². The van der Waals surface area contributed by atoms with Gasteiger partial charge in [0.15, 0.2) is 0 Å². The third-order valence-electron chi connectivity index (χ3n) is 4.26. The van der Waals surface area contributed by atoms with Gasteiger partial charge in [-0.1, -0.05) is 6.07 Å². The zero-order valence-corrected chi connectivity index (χ0v) is 14.3. The van der Waals surface area contributed by atoms with Crippen LogP contribution >= 0.6 is 0 Å². The summed E-state index contributed by atoms with van der Waals surface area (Å²) in [7, 11) is -2.29. The van der Waals surface area contributed by atoms with Crippen LogP contribution < -0.4 is 14.6 Å². The van der Waals surface area contributed by atoms with E-state index < -0.39 is 10.0 Å². The van der Waals surface area contributed by atoms with Gasteiger partial charge in [0.1, 0.15) is 10.6 Å². The highest BCUT2D eigenvalue weighted by molar-refractivity contribution is 7.89. The van der Waals surface area contributed by atoms with E-state index in [1.165, 1.54) is 0 Å². The van der Waals surface area contributed by atoms with Crippen molar-refractivity contribution < 1.29 is 17.9 Å². The molecule has 3 aromatic rings. The number of methoxy groups -OCH3 is 1. The molecule has 1 aliphatic heterocycles. The second-order valence-electron chi connectivity index (χ2n) is 5.87. The van der Waals surface area contributed by atoms with Crippen molar-refractivity contribution in [2.75, 3.05) is 13.7 Å². The largest absolute Gasteiger partial charge is 0.492 e. The van der Waals surface area contributed by atoms with Crippen molar-refractivity contribution >= 4 is 20.9 Å². The van der Waals surface area contributed by atoms with Crippen molar-refractivity contribution in [2.45, 2.75) is 11.3 Å². The minimum absolute atomic E-state index is 0.0328. The Hall–Kier alpha value is -2.64. The van der Waals surface area contributed by atoms with E-state index in [1.807, 2.05) is 30.3 Å². The van der Waals surface area contributed by atoms with Gasteiger partial charge in [0.05, 0.1) is 19.2 Å². The molecule has 0 saturated carbocycles. The van der Waals surface area contributed by atoms with Crippen LogP contribution in [-0.2, 0) is 16.4 Å². The number of sulfonamides is 1. The van der Waals surface area contributed by atoms with E-state index in [4.69, 9.17) is 14.6 Å². The summed E-state index contributed by atoms with van der Waals surface area (Å²) >= 11 is 0. The molecule has 1 aromatic heterocycles. The Morgan fingerprint density at radius 2 is 1.96 bits per heavy atom. The first-order chi connectivity index (χ1) is 12.0. The topological polar surface area (TPSA) is 91.5 Å². The normalized spacial score (nSPS) is 13.5. The molecule has 0 fully saturated rings. The molecule has 2 heterocycles. The Morgan fingerprint density at radius 3 is 2.72 bits per heavy atom. The van der Waals surface area contributed by atoms with E-state index in [1.54, 1.807) is 19.2 Å². The molecule has 0 aliphatic carbocycles. The molecule has 0 radical (unpaired) electrons. The van der Waals surface area contributed by atoms with E-state index in [2.05, 4.69) is 4.98 Å². The number of rotatable bonds is 3. The fourth-order valence-corrected chi connectivity index (χ4v) is 3.79. The molecule has 128 valence electrons. The molecule has 0 saturated heterocycles. The molecule has 0 bridgehead atoms. The number of nitrogens with zero attached hydrogens (tertiary/aromatic N) is 1. The highest BCUT2D eigenvalue weighted by atomic mass is 32.2. The van der Waals surface area contributed by atoms with Crippen LogP contribution in [0.25, 0.3) is 22.0 Å². The first-order valence-electron chi connectivity index (χ1n) is 7.73. The van der Waals surface area contributed by atoms with Crippen molar-refractivity contribution in [1.82, 2.24) is 4.98 Å². The third kappa shape index (κ3) is 2.81. The fourth-order valence-electron chi connectivity index (χ4n) is 3.05. The number of hydrogen-bond donors (Lipinski definition) is 1. The lowest BCUT2D eigenvalue weighted by molar-refractivity contribution is 0.348. The van der Waals surface area contributed by atoms with Gasteiger partial charge in [-0.2, -0.15) is 0 Å². The van der Waals surface area contributed by atoms with Crippen molar-refractivity contribution in [3.05, 3.63) is 48.0 Å². The number of primary sulfonamides is 1. The molecular formula is C18H16N2O4S. The highest BCUT2D eigenvalue weighted by Crippen LogP contribution is 2.37. The van der Waals surface area contributed by atoms with E-state index in [0.29, 0.717) is 24.7 Å². The number of hydrogen-bond acceptors (Lipinski definition) is 5. The Bertz CT molecular complexity index is 1090. The van der Waals surface area contributed by atoms with Gasteiger partial charge in [-0.25, -0.2) is 18.5 Å². The summed E-state index contributed by atoms with van der Waals surface area (Å²) in [5, 5.41) is 6.30. The average Bonchev–Trinajstić information content (AvgIpc) is 3.07. The van der Waals surface area contributed by atoms with Gasteiger partial charge >= 0.3 is 0 Å². The first-order valence-corrected chi connectivity index (χ1v) is 9.28. The molecule has 0 atom stereocenters. The van der Waals surface area contributed by atoms with Gasteiger partial charge in [0, 0.05) is 17.9 Å². The summed E-state index contributed by atoms with van der Waals surface area (Å²) in [6.45, 7) is 0.461. The lowest BCUT2D eigenvalue weighted by Crippen LogP contribution is -2.13. The summed E-state index contributed by atoms with van der Waals surface area (Å²) in [5.74, 6) is 0.921. The SMILES string of the molecule is COc1ccc2cc(-c3cc4c(c(S(N)(=O)=O)c3)OCC4)ccc2n1. The van der Waals surface area contributed by atoms with Crippen molar-refractivity contribution in [3.8, 4) is 22.8 Å². The van der Waals surface area contributed by atoms with Crippen LogP contribution in [0.3, 0.4) is 0 Å². The smallest absolute Gasteiger partial charge is 0.241 e. The number of fused-ring (bicyclic) bond motifs is 2. The number of nitrogens with two attached hydrogens (primary N) is 1. The Morgan fingerprint density at radius 1 is 1.12 bits per heavy atom. The van der Waals surface area contributed by atoms with Crippen LogP contribution in [0.2, 0.25) is 0 Å². The third-order valence-corrected chi connectivity index (χ3v) is 5.18. The average molecular weight is 356 g/mol. The quantitative estimate of drug-likeness (QED) is 0.778. The van der Waals surface area contributed by atoms with E-state index in [0.717, 1.165) is 27.6 Å². The maximum absolute atomic E-state index is 11.9. The maximum atomic E-state index is 11.9. The molecule has 0 unspecified atom stereocenters. The minimum atomic E-state index is -3.86. The lowest BCUT2D eigenvalue weighted by Gasteiger charge is -2.10. The summed E-state index contributed by atoms with van der Waals surface area (Å²) in [6, 6.07) is 13.0. The zero-order valence-electron chi connectivity index (χ0n) is 13.5. The standard InChI is InChI=1S/C18H16N2O4S/c1-23-17-5-3-12-8-11(2-4-15(12)20-17)14-9-13-6-7-24-18(13)16(10-14)25(19,21)22/h2-5,8-10H,6-7H2,1H3,(H2,19,21,22). The number of ether oxygens (including phenoxy) is 2. The number of pyridine rings is 1. The second-order valence-corrected chi connectivity index (χ2v) is 7.40. The molecule has 7 heteroatoms. The summed E-state index contributed by atoms with van der Waals surface area (Å²) in [5.41, 5.74) is 3.33. The minimum Gasteiger partial charge on any atom is -0.492 e. The molecular weight excluding hydrogens is 340 g/mol. The van der Waals surface area contributed by atoms with Crippen molar-refractivity contribution in [2.24, 2.45) is 5.14 Å². The molecule has 0 spiro atoms. The Kier molecular flexibility index (Phi) is 3.63. The fraction of sp³-hybridized carbons (Fsp3) is 0.167. The number of aromatic nitrogens is 1. The predicted molar refractivity (Wildman–Crippen MR) is 94.3 cm³/mol. The second kappa shape index (κ2) is 5.72. The van der Waals surface area contributed by atoms with Gasteiger partial charge < -0.3 is 9.47 Å². The van der Waals surface area contributed by atoms with Crippen molar-refractivity contribution in [1.29, 1.82) is 0 Å². The molecule has 6 nitrogen and oxygen atoms in total. The van der Waals surface area contributed by atoms with Gasteiger partial charge in [-0.3, -0.25) is 0 Å². The molecule has 25 heavy (non-hydrogen) atoms. The van der Waals surface area contributed by atoms with Crippen LogP contribution in [0.4, 0.5) is 0 Å². The molecule has 2 aromatic carbocycles. The van der Waals surface area contributed by atoms with E-state index in [-0.39, 0.29) is 4.90 Å². The van der Waals surface area contributed by atoms with E-state index in [9.17, 15) is 8.42 Å². The Labute approximate surface area is 145 Å². The van der Waals surface area contributed by atoms with Gasteiger partial charge in [-0.15, -0.1) is 0 Å². The summed E-state index contributed by atoms with van der Waals surface area (Å²) in [6.07, 6.45) is 0.665. The van der Waals surface area contributed by atoms with Crippen LogP contribution in [-0.4, -0.2) is 27.1 Å². The van der Waals surface area contributed by atoms with Crippen molar-refractivity contribution in [3.63, 3.8) is 0 Å². The highest BCUT2D eigenvalue weighted by Gasteiger charge is 2.24. The predicted octanol–water partition coefficient (Wildman–Crippen LogP) is 2.49. The monoisotopic (exact) mass is 356 g/mol. The lowest BCUT2D eigenvalue weighted by atomic mass is 10.0. The van der Waals surface area contributed by atoms with Gasteiger partial charge in [-0.05, 0) is 47.0 Å². The first kappa shape index (κ1) is 15.9.